The van der Waals surface area contributed by atoms with Gasteiger partial charge in [0, 0.05) is 23.7 Å². The summed E-state index contributed by atoms with van der Waals surface area (Å²) in [6.07, 6.45) is 5.18. The lowest BCUT2D eigenvalue weighted by molar-refractivity contribution is -0.123. The molecule has 0 saturated heterocycles. The van der Waals surface area contributed by atoms with Gasteiger partial charge in [0.1, 0.15) is 11.3 Å². The van der Waals surface area contributed by atoms with Crippen LogP contribution in [0.3, 0.4) is 0 Å². The molecule has 1 atom stereocenters. The molecule has 0 unspecified atom stereocenters. The number of pyridine rings is 1. The minimum atomic E-state index is -0.388. The molecule has 4 heteroatoms. The Bertz CT molecular complexity index is 551. The maximum absolute atomic E-state index is 11.5. The van der Waals surface area contributed by atoms with E-state index in [0.29, 0.717) is 0 Å². The first-order chi connectivity index (χ1) is 8.13. The Morgan fingerprint density at radius 3 is 2.94 bits per heavy atom. The van der Waals surface area contributed by atoms with Crippen LogP contribution >= 0.6 is 0 Å². The molecule has 0 spiro atoms. The van der Waals surface area contributed by atoms with Crippen molar-refractivity contribution >= 4 is 16.9 Å². The number of amides is 1. The van der Waals surface area contributed by atoms with E-state index in [4.69, 9.17) is 10.2 Å². The third-order valence-electron chi connectivity index (χ3n) is 3.87. The van der Waals surface area contributed by atoms with E-state index in [1.165, 1.54) is 0 Å². The Morgan fingerprint density at radius 1 is 1.59 bits per heavy atom. The number of primary amides is 1. The van der Waals surface area contributed by atoms with Gasteiger partial charge in [0.25, 0.3) is 0 Å². The molecule has 2 heterocycles. The molecule has 0 aromatic carbocycles. The fourth-order valence-electron chi connectivity index (χ4n) is 2.42. The largest absolute Gasteiger partial charge is 0.461 e. The van der Waals surface area contributed by atoms with Crippen LogP contribution in [0.15, 0.2) is 28.9 Å². The standard InChI is InChI=1S/C13H14N2O2/c1-8(13(3-4-13)12(14)16)11-6-9-7-15-5-2-10(9)17-11/h2,5-8H,3-4H2,1H3,(H2,14,16)/t8-/m0/s1. The first-order valence-electron chi connectivity index (χ1n) is 5.77. The van der Waals surface area contributed by atoms with Crippen LogP contribution in [0, 0.1) is 5.41 Å². The van der Waals surface area contributed by atoms with E-state index in [-0.39, 0.29) is 17.2 Å². The fourth-order valence-corrected chi connectivity index (χ4v) is 2.42. The Labute approximate surface area is 98.8 Å². The van der Waals surface area contributed by atoms with Gasteiger partial charge in [-0.25, -0.2) is 0 Å². The van der Waals surface area contributed by atoms with Gasteiger partial charge in [-0.3, -0.25) is 9.78 Å². The van der Waals surface area contributed by atoms with Crippen LogP contribution in [0.5, 0.6) is 0 Å². The van der Waals surface area contributed by atoms with Gasteiger partial charge < -0.3 is 10.2 Å². The van der Waals surface area contributed by atoms with E-state index in [0.717, 1.165) is 29.6 Å². The van der Waals surface area contributed by atoms with Gasteiger partial charge in [-0.2, -0.15) is 0 Å². The third kappa shape index (κ3) is 1.44. The second-order valence-electron chi connectivity index (χ2n) is 4.80. The molecule has 0 aliphatic heterocycles. The van der Waals surface area contributed by atoms with E-state index in [2.05, 4.69) is 4.98 Å². The van der Waals surface area contributed by atoms with Gasteiger partial charge in [-0.05, 0) is 25.0 Å². The highest BCUT2D eigenvalue weighted by atomic mass is 16.3. The third-order valence-corrected chi connectivity index (χ3v) is 3.87. The summed E-state index contributed by atoms with van der Waals surface area (Å²) in [5.41, 5.74) is 5.89. The molecule has 1 amide bonds. The van der Waals surface area contributed by atoms with Crippen molar-refractivity contribution in [1.82, 2.24) is 4.98 Å². The fraction of sp³-hybridized carbons (Fsp3) is 0.385. The predicted molar refractivity (Wildman–Crippen MR) is 63.3 cm³/mol. The summed E-state index contributed by atoms with van der Waals surface area (Å²) in [5, 5.41) is 0.967. The molecular weight excluding hydrogens is 216 g/mol. The number of fused-ring (bicyclic) bond motifs is 1. The molecule has 1 fully saturated rings. The number of hydrogen-bond donors (Lipinski definition) is 1. The van der Waals surface area contributed by atoms with Gasteiger partial charge in [-0.15, -0.1) is 0 Å². The van der Waals surface area contributed by atoms with E-state index >= 15 is 0 Å². The second-order valence-corrected chi connectivity index (χ2v) is 4.80. The highest BCUT2D eigenvalue weighted by Gasteiger charge is 2.54. The lowest BCUT2D eigenvalue weighted by Crippen LogP contribution is -2.29. The van der Waals surface area contributed by atoms with Gasteiger partial charge in [0.15, 0.2) is 0 Å². The minimum absolute atomic E-state index is 0.0346. The quantitative estimate of drug-likeness (QED) is 0.878. The van der Waals surface area contributed by atoms with Crippen molar-refractivity contribution in [3.05, 3.63) is 30.3 Å². The highest BCUT2D eigenvalue weighted by Crippen LogP contribution is 2.56. The zero-order valence-corrected chi connectivity index (χ0v) is 9.64. The van der Waals surface area contributed by atoms with Crippen molar-refractivity contribution in [3.8, 4) is 0 Å². The monoisotopic (exact) mass is 230 g/mol. The number of carbonyl (C=O) groups is 1. The van der Waals surface area contributed by atoms with Crippen molar-refractivity contribution in [1.29, 1.82) is 0 Å². The first-order valence-corrected chi connectivity index (χ1v) is 5.77. The van der Waals surface area contributed by atoms with Crippen molar-refractivity contribution in [2.45, 2.75) is 25.7 Å². The zero-order chi connectivity index (χ0) is 12.0. The second kappa shape index (κ2) is 3.32. The minimum Gasteiger partial charge on any atom is -0.461 e. The van der Waals surface area contributed by atoms with Crippen LogP contribution < -0.4 is 5.73 Å². The molecule has 1 aliphatic carbocycles. The number of furan rings is 1. The molecule has 2 aromatic rings. The summed E-state index contributed by atoms with van der Waals surface area (Å²) in [7, 11) is 0. The number of rotatable bonds is 3. The molecule has 4 nitrogen and oxygen atoms in total. The van der Waals surface area contributed by atoms with Crippen LogP contribution in [0.25, 0.3) is 11.0 Å². The number of hydrogen-bond acceptors (Lipinski definition) is 3. The summed E-state index contributed by atoms with van der Waals surface area (Å²) in [6, 6.07) is 3.78. The lowest BCUT2D eigenvalue weighted by atomic mass is 9.88. The molecule has 1 aliphatic rings. The number of nitrogens with two attached hydrogens (primary N) is 1. The molecule has 1 saturated carbocycles. The van der Waals surface area contributed by atoms with Crippen LogP contribution in [-0.2, 0) is 4.79 Å². The maximum Gasteiger partial charge on any atom is 0.224 e. The smallest absolute Gasteiger partial charge is 0.224 e. The van der Waals surface area contributed by atoms with E-state index < -0.39 is 0 Å². The molecule has 17 heavy (non-hydrogen) atoms. The molecule has 88 valence electrons. The summed E-state index contributed by atoms with van der Waals surface area (Å²) in [6.45, 7) is 2.00. The number of aromatic nitrogens is 1. The van der Waals surface area contributed by atoms with Gasteiger partial charge in [0.05, 0.1) is 5.41 Å². The van der Waals surface area contributed by atoms with Crippen LogP contribution in [0.4, 0.5) is 0 Å². The van der Waals surface area contributed by atoms with Crippen LogP contribution in [0.1, 0.15) is 31.4 Å². The Balaban J connectivity index is 2.01. The Kier molecular flexibility index (Phi) is 2.02. The molecule has 0 radical (unpaired) electrons. The average molecular weight is 230 g/mol. The first kappa shape index (κ1) is 10.3. The predicted octanol–water partition coefficient (Wildman–Crippen LogP) is 2.20. The van der Waals surface area contributed by atoms with Crippen LogP contribution in [-0.4, -0.2) is 10.9 Å². The molecule has 2 N–H and O–H groups in total. The maximum atomic E-state index is 11.5. The van der Waals surface area contributed by atoms with Crippen LogP contribution in [0.2, 0.25) is 0 Å². The van der Waals surface area contributed by atoms with Crippen molar-refractivity contribution in [2.24, 2.45) is 11.1 Å². The number of carbonyl (C=O) groups excluding carboxylic acids is 1. The average Bonchev–Trinajstić information content (AvgIpc) is 3.02. The van der Waals surface area contributed by atoms with Gasteiger partial charge >= 0.3 is 0 Å². The van der Waals surface area contributed by atoms with Crippen molar-refractivity contribution in [3.63, 3.8) is 0 Å². The van der Waals surface area contributed by atoms with Gasteiger partial charge in [-0.1, -0.05) is 6.92 Å². The summed E-state index contributed by atoms with van der Waals surface area (Å²) >= 11 is 0. The molecule has 3 rings (SSSR count). The highest BCUT2D eigenvalue weighted by molar-refractivity contribution is 5.85. The zero-order valence-electron chi connectivity index (χ0n) is 9.64. The number of nitrogens with zero attached hydrogens (tertiary/aromatic N) is 1. The summed E-state index contributed by atoms with van der Waals surface area (Å²) < 4.78 is 5.76. The Hall–Kier alpha value is -1.84. The Morgan fingerprint density at radius 2 is 2.35 bits per heavy atom. The summed E-state index contributed by atoms with van der Waals surface area (Å²) in [4.78, 5) is 15.5. The van der Waals surface area contributed by atoms with E-state index in [1.807, 2.05) is 19.1 Å². The summed E-state index contributed by atoms with van der Waals surface area (Å²) in [5.74, 6) is 0.639. The molecule has 0 bridgehead atoms. The van der Waals surface area contributed by atoms with Crippen molar-refractivity contribution in [2.75, 3.05) is 0 Å². The SMILES string of the molecule is C[C@@H](c1cc2cnccc2o1)C1(C(N)=O)CC1. The normalized spacial score (nSPS) is 19.1. The van der Waals surface area contributed by atoms with Gasteiger partial charge in [0.2, 0.25) is 5.91 Å². The van der Waals surface area contributed by atoms with E-state index in [1.54, 1.807) is 12.4 Å². The van der Waals surface area contributed by atoms with Crippen molar-refractivity contribution < 1.29 is 9.21 Å². The lowest BCUT2D eigenvalue weighted by Gasteiger charge is -2.17. The topological polar surface area (TPSA) is 69.1 Å². The molecule has 2 aromatic heterocycles. The molecular formula is C13H14N2O2. The van der Waals surface area contributed by atoms with E-state index in [9.17, 15) is 4.79 Å².